The van der Waals surface area contributed by atoms with Crippen LogP contribution in [0.2, 0.25) is 0 Å². The smallest absolute Gasteiger partial charge is 0.302 e. The summed E-state index contributed by atoms with van der Waals surface area (Å²) in [5, 5.41) is 0. The summed E-state index contributed by atoms with van der Waals surface area (Å²) in [6.45, 7) is 11.7. The van der Waals surface area contributed by atoms with Crippen LogP contribution in [0.3, 0.4) is 0 Å². The van der Waals surface area contributed by atoms with Crippen molar-refractivity contribution in [3.05, 3.63) is 11.6 Å². The van der Waals surface area contributed by atoms with Crippen LogP contribution in [0.15, 0.2) is 11.6 Å². The highest BCUT2D eigenvalue weighted by molar-refractivity contribution is 5.65. The molecule has 2 bridgehead atoms. The van der Waals surface area contributed by atoms with E-state index in [-0.39, 0.29) is 11.4 Å². The summed E-state index contributed by atoms with van der Waals surface area (Å²) in [5.74, 6) is 1.15. The normalized spacial score (nSPS) is 37.6. The van der Waals surface area contributed by atoms with Crippen molar-refractivity contribution in [3.63, 3.8) is 0 Å². The molecule has 5 unspecified atom stereocenters. The van der Waals surface area contributed by atoms with Gasteiger partial charge in [-0.25, -0.2) is 0 Å². The fourth-order valence-electron chi connectivity index (χ4n) is 4.48. The van der Waals surface area contributed by atoms with Gasteiger partial charge in [-0.3, -0.25) is 4.79 Å². The molecule has 0 aromatic carbocycles. The zero-order valence-corrected chi connectivity index (χ0v) is 14.9. The van der Waals surface area contributed by atoms with E-state index in [0.717, 1.165) is 6.42 Å². The molecule has 2 aliphatic rings. The summed E-state index contributed by atoms with van der Waals surface area (Å²) < 4.78 is 11.7. The van der Waals surface area contributed by atoms with E-state index in [9.17, 15) is 4.79 Å². The van der Waals surface area contributed by atoms with Crippen LogP contribution in [0.1, 0.15) is 60.3 Å². The molecule has 0 radical (unpaired) electrons. The van der Waals surface area contributed by atoms with E-state index in [1.807, 2.05) is 0 Å². The molecule has 1 fully saturated rings. The van der Waals surface area contributed by atoms with Crippen molar-refractivity contribution in [1.82, 2.24) is 0 Å². The third-order valence-electron chi connectivity index (χ3n) is 5.99. The first kappa shape index (κ1) is 17.5. The largest absolute Gasteiger partial charge is 0.465 e. The number of esters is 1. The molecule has 0 aromatic rings. The molecule has 0 aromatic heterocycles. The molecule has 1 saturated heterocycles. The molecule has 0 spiro atoms. The van der Waals surface area contributed by atoms with Crippen molar-refractivity contribution in [2.45, 2.75) is 66.4 Å². The molecular weight excluding hydrogens is 276 g/mol. The highest BCUT2D eigenvalue weighted by atomic mass is 16.5. The lowest BCUT2D eigenvalue weighted by Gasteiger charge is -2.55. The van der Waals surface area contributed by atoms with Gasteiger partial charge in [0.25, 0.3) is 0 Å². The van der Waals surface area contributed by atoms with Gasteiger partial charge >= 0.3 is 5.97 Å². The molecular formula is C19H32O3. The standard InChI is InChI=1S/C19H32O3/c1-6-7-8-9-17-18-13(2)10-14(3)19(12-22-17,15(18)4)11-21-16(5)20/h10,14-15,17-18H,6-9,11-12H2,1-5H3. The van der Waals surface area contributed by atoms with Crippen molar-refractivity contribution in [2.75, 3.05) is 13.2 Å². The fraction of sp³-hybridized carbons (Fsp3) is 0.842. The number of ether oxygens (including phenoxy) is 2. The van der Waals surface area contributed by atoms with E-state index < -0.39 is 0 Å². The van der Waals surface area contributed by atoms with Gasteiger partial charge in [-0.1, -0.05) is 51.7 Å². The van der Waals surface area contributed by atoms with Crippen LogP contribution >= 0.6 is 0 Å². The molecule has 1 aliphatic carbocycles. The van der Waals surface area contributed by atoms with E-state index in [1.165, 1.54) is 31.8 Å². The topological polar surface area (TPSA) is 35.5 Å². The monoisotopic (exact) mass is 308 g/mol. The van der Waals surface area contributed by atoms with Crippen LogP contribution in [0, 0.1) is 23.2 Å². The average molecular weight is 308 g/mol. The van der Waals surface area contributed by atoms with Gasteiger partial charge in [-0.15, -0.1) is 0 Å². The quantitative estimate of drug-likeness (QED) is 0.415. The Balaban J connectivity index is 2.17. The SMILES string of the molecule is CCCCCC1OCC2(COC(C)=O)C(C)C=C(C)C1C2C. The Bertz CT molecular complexity index is 428. The third-order valence-corrected chi connectivity index (χ3v) is 5.99. The number of allylic oxidation sites excluding steroid dienone is 1. The Labute approximate surface area is 135 Å². The lowest BCUT2D eigenvalue weighted by molar-refractivity contribution is -0.180. The molecule has 1 aliphatic heterocycles. The number of carbonyl (C=O) groups excluding carboxylic acids is 1. The second-order valence-corrected chi connectivity index (χ2v) is 7.37. The highest BCUT2D eigenvalue weighted by Gasteiger charge is 2.53. The van der Waals surface area contributed by atoms with Gasteiger partial charge in [0.2, 0.25) is 0 Å². The minimum absolute atomic E-state index is 0.0584. The molecule has 22 heavy (non-hydrogen) atoms. The first-order valence-corrected chi connectivity index (χ1v) is 8.85. The molecule has 0 saturated carbocycles. The van der Waals surface area contributed by atoms with Crippen molar-refractivity contribution in [1.29, 1.82) is 0 Å². The lowest BCUT2D eigenvalue weighted by atomic mass is 9.56. The Hall–Kier alpha value is -0.830. The van der Waals surface area contributed by atoms with Gasteiger partial charge in [-0.05, 0) is 25.2 Å². The van der Waals surface area contributed by atoms with Crippen molar-refractivity contribution in [3.8, 4) is 0 Å². The molecule has 126 valence electrons. The highest BCUT2D eigenvalue weighted by Crippen LogP contribution is 2.53. The minimum atomic E-state index is -0.193. The van der Waals surface area contributed by atoms with Gasteiger partial charge in [0.1, 0.15) is 0 Å². The number of unbranched alkanes of at least 4 members (excludes halogenated alkanes) is 2. The molecule has 3 nitrogen and oxygen atoms in total. The number of hydrogen-bond donors (Lipinski definition) is 0. The maximum Gasteiger partial charge on any atom is 0.302 e. The molecule has 0 N–H and O–H groups in total. The van der Waals surface area contributed by atoms with Crippen LogP contribution in [0.5, 0.6) is 0 Å². The average Bonchev–Trinajstić information content (AvgIpc) is 2.45. The van der Waals surface area contributed by atoms with Gasteiger partial charge in [0.05, 0.1) is 19.3 Å². The van der Waals surface area contributed by atoms with Gasteiger partial charge in [-0.2, -0.15) is 0 Å². The Kier molecular flexibility index (Phi) is 5.70. The summed E-state index contributed by atoms with van der Waals surface area (Å²) in [6, 6.07) is 0. The van der Waals surface area contributed by atoms with Crippen molar-refractivity contribution < 1.29 is 14.3 Å². The fourth-order valence-corrected chi connectivity index (χ4v) is 4.48. The summed E-state index contributed by atoms with van der Waals surface area (Å²) in [6.07, 6.45) is 7.63. The van der Waals surface area contributed by atoms with Crippen molar-refractivity contribution in [2.24, 2.45) is 23.2 Å². The zero-order valence-electron chi connectivity index (χ0n) is 14.9. The summed E-state index contributed by atoms with van der Waals surface area (Å²) in [7, 11) is 0. The second-order valence-electron chi connectivity index (χ2n) is 7.37. The number of carbonyl (C=O) groups is 1. The zero-order chi connectivity index (χ0) is 16.3. The molecule has 3 heteroatoms. The van der Waals surface area contributed by atoms with Crippen molar-refractivity contribution >= 4 is 5.97 Å². The summed E-state index contributed by atoms with van der Waals surface area (Å²) in [4.78, 5) is 11.3. The van der Waals surface area contributed by atoms with E-state index in [1.54, 1.807) is 0 Å². The Morgan fingerprint density at radius 1 is 1.41 bits per heavy atom. The summed E-state index contributed by atoms with van der Waals surface area (Å²) >= 11 is 0. The second kappa shape index (κ2) is 7.16. The Morgan fingerprint density at radius 3 is 2.77 bits per heavy atom. The predicted molar refractivity (Wildman–Crippen MR) is 88.5 cm³/mol. The molecule has 0 amide bonds. The van der Waals surface area contributed by atoms with Crippen LogP contribution in [0.4, 0.5) is 0 Å². The number of fused-ring (bicyclic) bond motifs is 2. The maximum atomic E-state index is 11.3. The molecule has 1 heterocycles. The van der Waals surface area contributed by atoms with Crippen LogP contribution in [-0.2, 0) is 14.3 Å². The van der Waals surface area contributed by atoms with E-state index >= 15 is 0 Å². The predicted octanol–water partition coefficient (Wildman–Crippen LogP) is 4.36. The van der Waals surface area contributed by atoms with E-state index in [2.05, 4.69) is 33.8 Å². The third kappa shape index (κ3) is 3.24. The van der Waals surface area contributed by atoms with Gasteiger partial charge in [0, 0.05) is 18.3 Å². The van der Waals surface area contributed by atoms with Crippen LogP contribution < -0.4 is 0 Å². The van der Waals surface area contributed by atoms with E-state index in [0.29, 0.717) is 37.1 Å². The van der Waals surface area contributed by atoms with Gasteiger partial charge < -0.3 is 9.47 Å². The minimum Gasteiger partial charge on any atom is -0.465 e. The van der Waals surface area contributed by atoms with Gasteiger partial charge in [0.15, 0.2) is 0 Å². The van der Waals surface area contributed by atoms with Crippen LogP contribution in [-0.4, -0.2) is 25.3 Å². The first-order valence-electron chi connectivity index (χ1n) is 8.85. The molecule has 2 rings (SSSR count). The number of rotatable bonds is 6. The number of hydrogen-bond acceptors (Lipinski definition) is 3. The summed E-state index contributed by atoms with van der Waals surface area (Å²) in [5.41, 5.74) is 1.40. The lowest BCUT2D eigenvalue weighted by Crippen LogP contribution is -2.56. The molecule has 5 atom stereocenters. The first-order chi connectivity index (χ1) is 10.4. The maximum absolute atomic E-state index is 11.3. The van der Waals surface area contributed by atoms with E-state index in [4.69, 9.17) is 9.47 Å². The van der Waals surface area contributed by atoms with Crippen LogP contribution in [0.25, 0.3) is 0 Å². The Morgan fingerprint density at radius 2 is 2.14 bits per heavy atom.